The fourth-order valence-corrected chi connectivity index (χ4v) is 2.21. The molecule has 0 fully saturated rings. The highest BCUT2D eigenvalue weighted by atomic mass is 14.9. The normalized spacial score (nSPS) is 12.4. The van der Waals surface area contributed by atoms with E-state index in [2.05, 4.69) is 54.5 Å². The van der Waals surface area contributed by atoms with E-state index in [1.165, 1.54) is 22.3 Å². The van der Waals surface area contributed by atoms with Gasteiger partial charge in [-0.3, -0.25) is 4.98 Å². The molecule has 0 spiro atoms. The minimum atomic E-state index is 0.211. The van der Waals surface area contributed by atoms with Gasteiger partial charge in [-0.05, 0) is 42.6 Å². The molecule has 0 aliphatic heterocycles. The van der Waals surface area contributed by atoms with Gasteiger partial charge in [-0.15, -0.1) is 0 Å². The second kappa shape index (κ2) is 5.78. The predicted octanol–water partition coefficient (Wildman–Crippen LogP) is 3.26. The van der Waals surface area contributed by atoms with Gasteiger partial charge in [0.25, 0.3) is 0 Å². The summed E-state index contributed by atoms with van der Waals surface area (Å²) in [6, 6.07) is 11.2. The number of pyridine rings is 1. The molecule has 0 saturated heterocycles. The zero-order valence-electron chi connectivity index (χ0n) is 11.3. The van der Waals surface area contributed by atoms with Crippen LogP contribution in [0.25, 0.3) is 0 Å². The number of nitrogens with zero attached hydrogens (tertiary/aromatic N) is 1. The molecule has 2 rings (SSSR count). The van der Waals surface area contributed by atoms with Crippen LogP contribution in [0.1, 0.15) is 35.2 Å². The number of benzene rings is 1. The first-order valence-corrected chi connectivity index (χ1v) is 6.42. The van der Waals surface area contributed by atoms with Crippen molar-refractivity contribution in [2.75, 3.05) is 7.05 Å². The van der Waals surface area contributed by atoms with Gasteiger partial charge in [-0.25, -0.2) is 0 Å². The maximum Gasteiger partial charge on any atom is 0.0589 e. The quantitative estimate of drug-likeness (QED) is 0.887. The average molecular weight is 240 g/mol. The van der Waals surface area contributed by atoms with E-state index in [0.29, 0.717) is 0 Å². The Morgan fingerprint density at radius 1 is 1.11 bits per heavy atom. The molecule has 1 aromatic carbocycles. The van der Waals surface area contributed by atoms with Gasteiger partial charge >= 0.3 is 0 Å². The highest BCUT2D eigenvalue weighted by Crippen LogP contribution is 2.22. The summed E-state index contributed by atoms with van der Waals surface area (Å²) in [5, 5.41) is 3.36. The third kappa shape index (κ3) is 2.77. The summed E-state index contributed by atoms with van der Waals surface area (Å²) in [5.41, 5.74) is 5.05. The molecule has 18 heavy (non-hydrogen) atoms. The Bertz CT molecular complexity index is 503. The first-order chi connectivity index (χ1) is 8.74. The van der Waals surface area contributed by atoms with Crippen LogP contribution in [0, 0.1) is 6.92 Å². The van der Waals surface area contributed by atoms with Crippen molar-refractivity contribution in [3.8, 4) is 0 Å². The fourth-order valence-electron chi connectivity index (χ4n) is 2.21. The van der Waals surface area contributed by atoms with Gasteiger partial charge in [0.1, 0.15) is 0 Å². The lowest BCUT2D eigenvalue weighted by atomic mass is 9.98. The van der Waals surface area contributed by atoms with Crippen molar-refractivity contribution in [3.05, 3.63) is 65.0 Å². The van der Waals surface area contributed by atoms with Crippen LogP contribution in [0.2, 0.25) is 0 Å². The maximum atomic E-state index is 4.27. The summed E-state index contributed by atoms with van der Waals surface area (Å²) in [5.74, 6) is 0. The molecule has 0 amide bonds. The third-order valence-corrected chi connectivity index (χ3v) is 3.24. The standard InChI is InChI=1S/C16H20N2/c1-4-13-5-7-14(8-6-13)16(17-3)15-9-12(2)10-18-11-15/h5-11,16-17H,4H2,1-3H3. The van der Waals surface area contributed by atoms with E-state index < -0.39 is 0 Å². The second-order valence-corrected chi connectivity index (χ2v) is 4.61. The summed E-state index contributed by atoms with van der Waals surface area (Å²) >= 11 is 0. The highest BCUT2D eigenvalue weighted by molar-refractivity contribution is 5.33. The Balaban J connectivity index is 2.32. The van der Waals surface area contributed by atoms with Crippen LogP contribution < -0.4 is 5.32 Å². The number of hydrogen-bond acceptors (Lipinski definition) is 2. The zero-order valence-corrected chi connectivity index (χ0v) is 11.3. The second-order valence-electron chi connectivity index (χ2n) is 4.61. The molecule has 1 aromatic heterocycles. The molecule has 0 aliphatic carbocycles. The Morgan fingerprint density at radius 3 is 2.39 bits per heavy atom. The van der Waals surface area contributed by atoms with Gasteiger partial charge in [-0.2, -0.15) is 0 Å². The van der Waals surface area contributed by atoms with E-state index in [9.17, 15) is 0 Å². The summed E-state index contributed by atoms with van der Waals surface area (Å²) in [6.07, 6.45) is 4.90. The van der Waals surface area contributed by atoms with Crippen molar-refractivity contribution in [2.45, 2.75) is 26.3 Å². The molecule has 94 valence electrons. The third-order valence-electron chi connectivity index (χ3n) is 3.24. The molecule has 2 nitrogen and oxygen atoms in total. The number of aromatic nitrogens is 1. The monoisotopic (exact) mass is 240 g/mol. The molecule has 0 radical (unpaired) electrons. The number of hydrogen-bond donors (Lipinski definition) is 1. The first-order valence-electron chi connectivity index (χ1n) is 6.42. The summed E-state index contributed by atoms with van der Waals surface area (Å²) < 4.78 is 0. The molecule has 2 heteroatoms. The predicted molar refractivity (Wildman–Crippen MR) is 75.7 cm³/mol. The molecule has 1 N–H and O–H groups in total. The van der Waals surface area contributed by atoms with Crippen LogP contribution in [-0.4, -0.2) is 12.0 Å². The molecule has 1 heterocycles. The molecule has 0 bridgehead atoms. The van der Waals surface area contributed by atoms with E-state index >= 15 is 0 Å². The Labute approximate surface area is 109 Å². The molecular formula is C16H20N2. The molecule has 1 atom stereocenters. The van der Waals surface area contributed by atoms with Gasteiger partial charge in [0.05, 0.1) is 6.04 Å². The topological polar surface area (TPSA) is 24.9 Å². The summed E-state index contributed by atoms with van der Waals surface area (Å²) in [7, 11) is 1.99. The molecular weight excluding hydrogens is 220 g/mol. The molecule has 1 unspecified atom stereocenters. The number of nitrogens with one attached hydrogen (secondary N) is 1. The van der Waals surface area contributed by atoms with E-state index in [-0.39, 0.29) is 6.04 Å². The number of aryl methyl sites for hydroxylation is 2. The lowest BCUT2D eigenvalue weighted by Crippen LogP contribution is -2.18. The van der Waals surface area contributed by atoms with Gasteiger partial charge in [-0.1, -0.05) is 37.3 Å². The van der Waals surface area contributed by atoms with Gasteiger partial charge in [0.2, 0.25) is 0 Å². The highest BCUT2D eigenvalue weighted by Gasteiger charge is 2.12. The van der Waals surface area contributed by atoms with Crippen LogP contribution in [0.5, 0.6) is 0 Å². The van der Waals surface area contributed by atoms with Crippen molar-refractivity contribution < 1.29 is 0 Å². The van der Waals surface area contributed by atoms with Crippen molar-refractivity contribution in [2.24, 2.45) is 0 Å². The van der Waals surface area contributed by atoms with Gasteiger partial charge < -0.3 is 5.32 Å². The first kappa shape index (κ1) is 12.8. The van der Waals surface area contributed by atoms with Crippen molar-refractivity contribution in [1.29, 1.82) is 0 Å². The smallest absolute Gasteiger partial charge is 0.0589 e. The maximum absolute atomic E-state index is 4.27. The van der Waals surface area contributed by atoms with E-state index in [4.69, 9.17) is 0 Å². The van der Waals surface area contributed by atoms with E-state index in [1.807, 2.05) is 19.4 Å². The summed E-state index contributed by atoms with van der Waals surface area (Å²) in [4.78, 5) is 4.27. The van der Waals surface area contributed by atoms with E-state index in [0.717, 1.165) is 6.42 Å². The van der Waals surface area contributed by atoms with Crippen molar-refractivity contribution in [1.82, 2.24) is 10.3 Å². The fraction of sp³-hybridized carbons (Fsp3) is 0.312. The Hall–Kier alpha value is -1.67. The Kier molecular flexibility index (Phi) is 4.11. The van der Waals surface area contributed by atoms with E-state index in [1.54, 1.807) is 0 Å². The molecule has 0 aliphatic rings. The Morgan fingerprint density at radius 2 is 1.83 bits per heavy atom. The SMILES string of the molecule is CCc1ccc(C(NC)c2cncc(C)c2)cc1. The molecule has 0 saturated carbocycles. The lowest BCUT2D eigenvalue weighted by Gasteiger charge is -2.17. The summed E-state index contributed by atoms with van der Waals surface area (Å²) in [6.45, 7) is 4.25. The minimum Gasteiger partial charge on any atom is -0.309 e. The van der Waals surface area contributed by atoms with Crippen LogP contribution in [-0.2, 0) is 6.42 Å². The largest absolute Gasteiger partial charge is 0.309 e. The van der Waals surface area contributed by atoms with Crippen LogP contribution in [0.15, 0.2) is 42.7 Å². The van der Waals surface area contributed by atoms with Gasteiger partial charge in [0, 0.05) is 12.4 Å². The average Bonchev–Trinajstić information content (AvgIpc) is 2.40. The van der Waals surface area contributed by atoms with Crippen LogP contribution in [0.3, 0.4) is 0 Å². The van der Waals surface area contributed by atoms with Crippen molar-refractivity contribution >= 4 is 0 Å². The molecule has 2 aromatic rings. The van der Waals surface area contributed by atoms with Crippen molar-refractivity contribution in [3.63, 3.8) is 0 Å². The van der Waals surface area contributed by atoms with Crippen LogP contribution >= 0.6 is 0 Å². The van der Waals surface area contributed by atoms with Gasteiger partial charge in [0.15, 0.2) is 0 Å². The lowest BCUT2D eigenvalue weighted by molar-refractivity contribution is 0.687. The number of rotatable bonds is 4. The van der Waals surface area contributed by atoms with Crippen LogP contribution in [0.4, 0.5) is 0 Å². The minimum absolute atomic E-state index is 0.211. The zero-order chi connectivity index (χ0) is 13.0.